The molecule has 0 saturated heterocycles. The molecule has 3 N–H and O–H groups in total. The number of nitrogens with two attached hydrogens (primary N) is 1. The second-order valence-electron chi connectivity index (χ2n) is 2.41. The van der Waals surface area contributed by atoms with Crippen molar-refractivity contribution in [2.24, 2.45) is 5.73 Å². The zero-order chi connectivity index (χ0) is 9.40. The number of ether oxygens (including phenoxy) is 1. The molecule has 0 aliphatic carbocycles. The third kappa shape index (κ3) is 7.78. The maximum absolute atomic E-state index is 10.3. The van der Waals surface area contributed by atoms with Crippen molar-refractivity contribution in [3.05, 3.63) is 0 Å². The Labute approximate surface area is 77.4 Å². The van der Waals surface area contributed by atoms with Crippen molar-refractivity contribution >= 4 is 17.6 Å². The first-order valence-corrected chi connectivity index (χ1v) is 4.38. The predicted octanol–water partition coefficient (Wildman–Crippen LogP) is 0.0528. The van der Waals surface area contributed by atoms with Crippen LogP contribution in [0.25, 0.3) is 0 Å². The van der Waals surface area contributed by atoms with Crippen LogP contribution in [0.5, 0.6) is 0 Å². The second kappa shape index (κ2) is 7.34. The first-order chi connectivity index (χ1) is 5.66. The summed E-state index contributed by atoms with van der Waals surface area (Å²) in [5, 5.41) is 2.96. The Kier molecular flexibility index (Phi) is 7.14. The van der Waals surface area contributed by atoms with Crippen LogP contribution in [0.3, 0.4) is 0 Å². The molecule has 0 aliphatic heterocycles. The minimum atomic E-state index is -0.253. The summed E-state index contributed by atoms with van der Waals surface area (Å²) in [6.07, 6.45) is 0.577. The highest BCUT2D eigenvalue weighted by atomic mass is 35.5. The molecule has 0 spiro atoms. The Balaban J connectivity index is 3.05. The van der Waals surface area contributed by atoms with Crippen LogP contribution < -0.4 is 11.1 Å². The molecule has 0 aliphatic rings. The fraction of sp³-hybridized carbons (Fsp3) is 0.857. The van der Waals surface area contributed by atoms with Crippen LogP contribution in [-0.2, 0) is 9.53 Å². The zero-order valence-corrected chi connectivity index (χ0v) is 7.93. The van der Waals surface area contributed by atoms with Crippen LogP contribution in [0.4, 0.5) is 0 Å². The van der Waals surface area contributed by atoms with Gasteiger partial charge in [0.2, 0.25) is 0 Å². The summed E-state index contributed by atoms with van der Waals surface area (Å²) in [7, 11) is 0. The summed E-state index contributed by atoms with van der Waals surface area (Å²) in [6, 6.07) is 0. The zero-order valence-electron chi connectivity index (χ0n) is 7.18. The van der Waals surface area contributed by atoms with E-state index in [9.17, 15) is 4.79 Å². The van der Waals surface area contributed by atoms with E-state index in [-0.39, 0.29) is 12.1 Å². The largest absolute Gasteiger partial charge is 0.466 e. The van der Waals surface area contributed by atoms with Gasteiger partial charge in [-0.1, -0.05) is 0 Å². The molecule has 4 nitrogen and oxygen atoms in total. The summed E-state index contributed by atoms with van der Waals surface area (Å²) in [6.45, 7) is 2.52. The van der Waals surface area contributed by atoms with Gasteiger partial charge in [0.05, 0.1) is 18.7 Å². The number of nitrogens with one attached hydrogen (secondary N) is 1. The molecule has 0 amide bonds. The van der Waals surface area contributed by atoms with Gasteiger partial charge in [0, 0.05) is 6.92 Å². The van der Waals surface area contributed by atoms with E-state index < -0.39 is 0 Å². The number of hydrogen-bond donors (Lipinski definition) is 2. The van der Waals surface area contributed by atoms with Gasteiger partial charge in [0.1, 0.15) is 0 Å². The van der Waals surface area contributed by atoms with Gasteiger partial charge in [-0.2, -0.15) is 0 Å². The highest BCUT2D eigenvalue weighted by molar-refractivity contribution is 6.18. The molecular weight excluding hydrogens is 180 g/mol. The lowest BCUT2D eigenvalue weighted by Crippen LogP contribution is -2.39. The number of carbonyl (C=O) groups excluding carboxylic acids is 1. The number of alkyl halides is 1. The molecule has 0 rings (SSSR count). The Morgan fingerprint density at radius 3 is 2.92 bits per heavy atom. The molecule has 0 heterocycles. The highest BCUT2D eigenvalue weighted by Gasteiger charge is 1.97. The lowest BCUT2D eigenvalue weighted by molar-refractivity contribution is -0.141. The topological polar surface area (TPSA) is 64.3 Å². The second-order valence-corrected chi connectivity index (χ2v) is 2.72. The molecule has 0 radical (unpaired) electrons. The Hall–Kier alpha value is -0.320. The Morgan fingerprint density at radius 1 is 1.75 bits per heavy atom. The normalized spacial score (nSPS) is 12.6. The molecule has 0 fully saturated rings. The smallest absolute Gasteiger partial charge is 0.302 e. The number of halogens is 1. The Bertz CT molecular complexity index is 133. The van der Waals surface area contributed by atoms with E-state index in [1.807, 2.05) is 0 Å². The fourth-order valence-electron chi connectivity index (χ4n) is 0.630. The van der Waals surface area contributed by atoms with Crippen LogP contribution in [-0.4, -0.2) is 31.2 Å². The average Bonchev–Trinajstić information content (AvgIpc) is 2.03. The van der Waals surface area contributed by atoms with Crippen LogP contribution in [0.1, 0.15) is 13.3 Å². The van der Waals surface area contributed by atoms with Crippen molar-refractivity contribution in [1.82, 2.24) is 5.32 Å². The maximum Gasteiger partial charge on any atom is 0.302 e. The highest BCUT2D eigenvalue weighted by Crippen LogP contribution is 1.83. The van der Waals surface area contributed by atoms with Crippen molar-refractivity contribution < 1.29 is 9.53 Å². The summed E-state index contributed by atoms with van der Waals surface area (Å²) < 4.78 is 4.70. The van der Waals surface area contributed by atoms with E-state index in [2.05, 4.69) is 5.32 Å². The first-order valence-electron chi connectivity index (χ1n) is 3.85. The summed E-state index contributed by atoms with van der Waals surface area (Å²) >= 11 is 5.44. The first kappa shape index (κ1) is 11.7. The molecule has 0 aromatic heterocycles. The molecule has 0 saturated carbocycles. The van der Waals surface area contributed by atoms with Crippen molar-refractivity contribution in [2.75, 3.05) is 19.0 Å². The van der Waals surface area contributed by atoms with Crippen molar-refractivity contribution in [3.8, 4) is 0 Å². The van der Waals surface area contributed by atoms with E-state index in [1.54, 1.807) is 0 Å². The molecule has 0 aromatic rings. The number of esters is 1. The van der Waals surface area contributed by atoms with E-state index >= 15 is 0 Å². The lowest BCUT2D eigenvalue weighted by atomic mass is 10.4. The SMILES string of the molecule is CC(=O)OCCCNC(N)CCl. The van der Waals surface area contributed by atoms with Crippen molar-refractivity contribution in [1.29, 1.82) is 0 Å². The van der Waals surface area contributed by atoms with Crippen molar-refractivity contribution in [3.63, 3.8) is 0 Å². The molecular formula is C7H15ClN2O2. The third-order valence-electron chi connectivity index (χ3n) is 1.20. The van der Waals surface area contributed by atoms with Crippen LogP contribution in [0, 0.1) is 0 Å². The molecule has 0 bridgehead atoms. The van der Waals surface area contributed by atoms with Gasteiger partial charge in [0.15, 0.2) is 0 Å². The minimum Gasteiger partial charge on any atom is -0.466 e. The van der Waals surface area contributed by atoms with Gasteiger partial charge in [-0.15, -0.1) is 11.6 Å². The standard InChI is InChI=1S/C7H15ClN2O2/c1-6(11)12-4-2-3-10-7(9)5-8/h7,10H,2-5,9H2,1H3. The number of hydrogen-bond acceptors (Lipinski definition) is 4. The van der Waals surface area contributed by atoms with Gasteiger partial charge in [0.25, 0.3) is 0 Å². The average molecular weight is 195 g/mol. The minimum absolute atomic E-state index is 0.177. The fourth-order valence-corrected chi connectivity index (χ4v) is 0.739. The molecule has 72 valence electrons. The number of rotatable bonds is 6. The quantitative estimate of drug-likeness (QED) is 0.272. The van der Waals surface area contributed by atoms with Crippen LogP contribution in [0.15, 0.2) is 0 Å². The molecule has 5 heteroatoms. The molecule has 1 unspecified atom stereocenters. The Morgan fingerprint density at radius 2 is 2.42 bits per heavy atom. The summed E-state index contributed by atoms with van der Waals surface area (Å²) in [5.41, 5.74) is 5.46. The van der Waals surface area contributed by atoms with Gasteiger partial charge >= 0.3 is 5.97 Å². The molecule has 12 heavy (non-hydrogen) atoms. The summed E-state index contributed by atoms with van der Waals surface area (Å²) in [5.74, 6) is 0.129. The summed E-state index contributed by atoms with van der Waals surface area (Å²) in [4.78, 5) is 10.3. The predicted molar refractivity (Wildman–Crippen MR) is 47.9 cm³/mol. The maximum atomic E-state index is 10.3. The van der Waals surface area contributed by atoms with E-state index in [4.69, 9.17) is 22.1 Å². The van der Waals surface area contributed by atoms with Gasteiger partial charge in [-0.3, -0.25) is 4.79 Å². The van der Waals surface area contributed by atoms with Crippen LogP contribution >= 0.6 is 11.6 Å². The lowest BCUT2D eigenvalue weighted by Gasteiger charge is -2.09. The number of carbonyl (C=O) groups is 1. The van der Waals surface area contributed by atoms with Gasteiger partial charge in [-0.25, -0.2) is 0 Å². The van der Waals surface area contributed by atoms with E-state index in [0.29, 0.717) is 19.0 Å². The van der Waals surface area contributed by atoms with Gasteiger partial charge in [-0.05, 0) is 13.0 Å². The monoisotopic (exact) mass is 194 g/mol. The molecule has 0 aromatic carbocycles. The molecule has 1 atom stereocenters. The van der Waals surface area contributed by atoms with Gasteiger partial charge < -0.3 is 15.8 Å². The van der Waals surface area contributed by atoms with Crippen LogP contribution in [0.2, 0.25) is 0 Å². The van der Waals surface area contributed by atoms with E-state index in [0.717, 1.165) is 6.42 Å². The third-order valence-corrected chi connectivity index (χ3v) is 1.53. The van der Waals surface area contributed by atoms with E-state index in [1.165, 1.54) is 6.92 Å². The van der Waals surface area contributed by atoms with Crippen molar-refractivity contribution in [2.45, 2.75) is 19.5 Å².